The van der Waals surface area contributed by atoms with Crippen LogP contribution >= 0.6 is 15.9 Å². The second-order valence-electron chi connectivity index (χ2n) is 2.88. The normalized spacial score (nSPS) is 10.2. The lowest BCUT2D eigenvalue weighted by Crippen LogP contribution is -1.87. The maximum Gasteiger partial charge on any atom is 0.0897 e. The number of benzene rings is 1. The summed E-state index contributed by atoms with van der Waals surface area (Å²) in [5.74, 6) is 0. The average molecular weight is 231 g/mol. The molecule has 0 nitrogen and oxygen atoms in total. The summed E-state index contributed by atoms with van der Waals surface area (Å²) in [6, 6.07) is 6.17. The Morgan fingerprint density at radius 3 is 2.75 bits per heavy atom. The Morgan fingerprint density at radius 2 is 2.17 bits per heavy atom. The van der Waals surface area contributed by atoms with E-state index in [4.69, 9.17) is 0 Å². The molecule has 0 saturated heterocycles. The van der Waals surface area contributed by atoms with Gasteiger partial charge in [-0.3, -0.25) is 4.39 Å². The summed E-state index contributed by atoms with van der Waals surface area (Å²) in [6.07, 6.45) is 1.45. The summed E-state index contributed by atoms with van der Waals surface area (Å²) in [5.41, 5.74) is 2.42. The molecule has 0 aliphatic carbocycles. The van der Waals surface area contributed by atoms with Crippen molar-refractivity contribution in [3.05, 3.63) is 33.8 Å². The van der Waals surface area contributed by atoms with Crippen LogP contribution in [0.25, 0.3) is 0 Å². The van der Waals surface area contributed by atoms with E-state index in [1.807, 2.05) is 6.92 Å². The standard InChI is InChI=1S/C10H12BrF/c1-8-4-5-9(3-2-6-12)7-10(8)11/h4-5,7H,2-3,6H2,1H3. The minimum absolute atomic E-state index is 0.231. The monoisotopic (exact) mass is 230 g/mol. The molecule has 0 bridgehead atoms. The molecule has 0 heterocycles. The van der Waals surface area contributed by atoms with Crippen LogP contribution in [0.1, 0.15) is 17.5 Å². The summed E-state index contributed by atoms with van der Waals surface area (Å²) >= 11 is 3.44. The molecule has 1 rings (SSSR count). The first-order chi connectivity index (χ1) is 5.74. The van der Waals surface area contributed by atoms with Crippen molar-refractivity contribution < 1.29 is 4.39 Å². The van der Waals surface area contributed by atoms with Crippen molar-refractivity contribution >= 4 is 15.9 Å². The van der Waals surface area contributed by atoms with E-state index in [0.717, 1.165) is 10.9 Å². The molecule has 0 fully saturated rings. The van der Waals surface area contributed by atoms with E-state index in [0.29, 0.717) is 6.42 Å². The molecule has 0 aromatic heterocycles. The third-order valence-corrected chi connectivity index (χ3v) is 2.69. The van der Waals surface area contributed by atoms with E-state index in [1.165, 1.54) is 11.1 Å². The minimum atomic E-state index is -0.231. The van der Waals surface area contributed by atoms with Crippen LogP contribution in [-0.2, 0) is 6.42 Å². The second kappa shape index (κ2) is 4.61. The molecular formula is C10H12BrF. The fourth-order valence-corrected chi connectivity index (χ4v) is 1.49. The van der Waals surface area contributed by atoms with Gasteiger partial charge in [0.05, 0.1) is 6.67 Å². The third-order valence-electron chi connectivity index (χ3n) is 1.84. The molecule has 0 aliphatic rings. The fourth-order valence-electron chi connectivity index (χ4n) is 1.06. The van der Waals surface area contributed by atoms with Gasteiger partial charge >= 0.3 is 0 Å². The van der Waals surface area contributed by atoms with E-state index in [-0.39, 0.29) is 6.67 Å². The number of aryl methyl sites for hydroxylation is 2. The largest absolute Gasteiger partial charge is 0.251 e. The van der Waals surface area contributed by atoms with Crippen molar-refractivity contribution in [3.8, 4) is 0 Å². The average Bonchev–Trinajstić information content (AvgIpc) is 2.07. The van der Waals surface area contributed by atoms with Gasteiger partial charge in [-0.1, -0.05) is 28.1 Å². The highest BCUT2D eigenvalue weighted by atomic mass is 79.9. The van der Waals surface area contributed by atoms with Crippen LogP contribution < -0.4 is 0 Å². The highest BCUT2D eigenvalue weighted by Gasteiger charge is 1.96. The highest BCUT2D eigenvalue weighted by Crippen LogP contribution is 2.18. The number of hydrogen-bond acceptors (Lipinski definition) is 0. The van der Waals surface area contributed by atoms with Gasteiger partial charge in [0.1, 0.15) is 0 Å². The molecule has 0 unspecified atom stereocenters. The van der Waals surface area contributed by atoms with Gasteiger partial charge in [0.25, 0.3) is 0 Å². The molecule has 1 aromatic carbocycles. The van der Waals surface area contributed by atoms with Gasteiger partial charge < -0.3 is 0 Å². The van der Waals surface area contributed by atoms with E-state index in [2.05, 4.69) is 34.1 Å². The maximum absolute atomic E-state index is 11.8. The fraction of sp³-hybridized carbons (Fsp3) is 0.400. The lowest BCUT2D eigenvalue weighted by atomic mass is 10.1. The van der Waals surface area contributed by atoms with Crippen molar-refractivity contribution in [2.75, 3.05) is 6.67 Å². The molecule has 0 amide bonds. The summed E-state index contributed by atoms with van der Waals surface area (Å²) < 4.78 is 13.0. The van der Waals surface area contributed by atoms with Gasteiger partial charge in [0, 0.05) is 4.47 Å². The van der Waals surface area contributed by atoms with Crippen LogP contribution in [0.5, 0.6) is 0 Å². The SMILES string of the molecule is Cc1ccc(CCCF)cc1Br. The highest BCUT2D eigenvalue weighted by molar-refractivity contribution is 9.10. The molecule has 0 spiro atoms. The van der Waals surface area contributed by atoms with Gasteiger partial charge in [-0.2, -0.15) is 0 Å². The van der Waals surface area contributed by atoms with Crippen LogP contribution in [0, 0.1) is 6.92 Å². The Bertz CT molecular complexity index is 258. The number of alkyl halides is 1. The Labute approximate surface area is 80.9 Å². The van der Waals surface area contributed by atoms with E-state index in [1.54, 1.807) is 0 Å². The van der Waals surface area contributed by atoms with E-state index < -0.39 is 0 Å². The Balaban J connectivity index is 2.69. The molecule has 0 N–H and O–H groups in total. The minimum Gasteiger partial charge on any atom is -0.251 e. The molecule has 0 radical (unpaired) electrons. The zero-order chi connectivity index (χ0) is 8.97. The van der Waals surface area contributed by atoms with Gasteiger partial charge in [0.2, 0.25) is 0 Å². The third kappa shape index (κ3) is 2.59. The smallest absolute Gasteiger partial charge is 0.0897 e. The van der Waals surface area contributed by atoms with Gasteiger partial charge in [0.15, 0.2) is 0 Å². The van der Waals surface area contributed by atoms with E-state index >= 15 is 0 Å². The summed E-state index contributed by atoms with van der Waals surface area (Å²) in [4.78, 5) is 0. The van der Waals surface area contributed by atoms with E-state index in [9.17, 15) is 4.39 Å². The zero-order valence-corrected chi connectivity index (χ0v) is 8.70. The number of hydrogen-bond donors (Lipinski definition) is 0. The molecule has 0 saturated carbocycles. The Morgan fingerprint density at radius 1 is 1.42 bits per heavy atom. The predicted octanol–water partition coefficient (Wildman–Crippen LogP) is 3.66. The molecule has 0 atom stereocenters. The van der Waals surface area contributed by atoms with Crippen molar-refractivity contribution in [2.24, 2.45) is 0 Å². The van der Waals surface area contributed by atoms with Crippen molar-refractivity contribution in [1.29, 1.82) is 0 Å². The lowest BCUT2D eigenvalue weighted by molar-refractivity contribution is 0.473. The molecule has 0 aliphatic heterocycles. The lowest BCUT2D eigenvalue weighted by Gasteiger charge is -2.02. The second-order valence-corrected chi connectivity index (χ2v) is 3.73. The summed E-state index contributed by atoms with van der Waals surface area (Å²) in [5, 5.41) is 0. The van der Waals surface area contributed by atoms with Crippen LogP contribution in [0.3, 0.4) is 0 Å². The zero-order valence-electron chi connectivity index (χ0n) is 7.11. The van der Waals surface area contributed by atoms with Crippen molar-refractivity contribution in [3.63, 3.8) is 0 Å². The Kier molecular flexibility index (Phi) is 3.73. The van der Waals surface area contributed by atoms with Crippen LogP contribution in [0.4, 0.5) is 4.39 Å². The van der Waals surface area contributed by atoms with Crippen LogP contribution in [0.2, 0.25) is 0 Å². The Hall–Kier alpha value is -0.370. The van der Waals surface area contributed by atoms with Crippen LogP contribution in [-0.4, -0.2) is 6.67 Å². The predicted molar refractivity (Wildman–Crippen MR) is 53.2 cm³/mol. The first-order valence-electron chi connectivity index (χ1n) is 4.05. The molecule has 2 heteroatoms. The maximum atomic E-state index is 11.8. The quantitative estimate of drug-likeness (QED) is 0.744. The molecular weight excluding hydrogens is 219 g/mol. The topological polar surface area (TPSA) is 0 Å². The summed E-state index contributed by atoms with van der Waals surface area (Å²) in [6.45, 7) is 1.81. The molecule has 66 valence electrons. The van der Waals surface area contributed by atoms with Crippen LogP contribution in [0.15, 0.2) is 22.7 Å². The van der Waals surface area contributed by atoms with Crippen molar-refractivity contribution in [2.45, 2.75) is 19.8 Å². The molecule has 12 heavy (non-hydrogen) atoms. The first-order valence-corrected chi connectivity index (χ1v) is 4.84. The van der Waals surface area contributed by atoms with Gasteiger partial charge in [-0.25, -0.2) is 0 Å². The van der Waals surface area contributed by atoms with Gasteiger partial charge in [-0.15, -0.1) is 0 Å². The summed E-state index contributed by atoms with van der Waals surface area (Å²) in [7, 11) is 0. The van der Waals surface area contributed by atoms with Gasteiger partial charge in [-0.05, 0) is 37.0 Å². The first kappa shape index (κ1) is 9.72. The number of rotatable bonds is 3. The number of halogens is 2. The molecule has 1 aromatic rings. The van der Waals surface area contributed by atoms with Crippen molar-refractivity contribution in [1.82, 2.24) is 0 Å².